The van der Waals surface area contributed by atoms with Crippen molar-refractivity contribution in [3.8, 4) is 0 Å². The molecule has 1 unspecified atom stereocenters. The Morgan fingerprint density at radius 2 is 2.43 bits per heavy atom. The number of carbonyl (C=O) groups excluding carboxylic acids is 1. The Morgan fingerprint density at radius 3 is 2.93 bits per heavy atom. The number of allylic oxidation sites excluding steroid dienone is 4. The molecule has 0 spiro atoms. The van der Waals surface area contributed by atoms with Crippen LogP contribution >= 0.6 is 0 Å². The first-order valence-corrected chi connectivity index (χ1v) is 4.94. The van der Waals surface area contributed by atoms with Crippen molar-refractivity contribution in [1.82, 2.24) is 0 Å². The summed E-state index contributed by atoms with van der Waals surface area (Å²) in [5.41, 5.74) is -0.284. The van der Waals surface area contributed by atoms with Gasteiger partial charge in [0.2, 0.25) is 0 Å². The first-order chi connectivity index (χ1) is 6.73. The van der Waals surface area contributed by atoms with Crippen LogP contribution in [0.4, 0.5) is 4.39 Å². The van der Waals surface area contributed by atoms with Crippen molar-refractivity contribution in [1.29, 1.82) is 0 Å². The van der Waals surface area contributed by atoms with Crippen LogP contribution in [0.2, 0.25) is 0 Å². The van der Waals surface area contributed by atoms with E-state index in [0.29, 0.717) is 18.9 Å². The van der Waals surface area contributed by atoms with Crippen LogP contribution in [-0.2, 0) is 9.53 Å². The quantitative estimate of drug-likeness (QED) is 0.596. The molecule has 0 aromatic heterocycles. The number of halogens is 1. The molecule has 0 amide bonds. The van der Waals surface area contributed by atoms with E-state index in [2.05, 4.69) is 0 Å². The second kappa shape index (κ2) is 2.47. The minimum absolute atomic E-state index is 0.0761. The van der Waals surface area contributed by atoms with E-state index in [-0.39, 0.29) is 23.1 Å². The van der Waals surface area contributed by atoms with Gasteiger partial charge in [0, 0.05) is 5.92 Å². The molecule has 3 atom stereocenters. The van der Waals surface area contributed by atoms with Gasteiger partial charge in [0.1, 0.15) is 5.83 Å². The van der Waals surface area contributed by atoms with Gasteiger partial charge in [0.05, 0.1) is 12.0 Å². The monoisotopic (exact) mass is 194 g/mol. The molecule has 0 aromatic rings. The minimum Gasteiger partial charge on any atom is -0.465 e. The van der Waals surface area contributed by atoms with Gasteiger partial charge in [-0.2, -0.15) is 0 Å². The van der Waals surface area contributed by atoms with Gasteiger partial charge in [-0.15, -0.1) is 0 Å². The number of rotatable bonds is 1. The highest BCUT2D eigenvalue weighted by Gasteiger charge is 2.68. The summed E-state index contributed by atoms with van der Waals surface area (Å²) >= 11 is 0. The predicted molar refractivity (Wildman–Crippen MR) is 47.9 cm³/mol. The fourth-order valence-electron chi connectivity index (χ4n) is 2.70. The zero-order chi connectivity index (χ0) is 9.76. The van der Waals surface area contributed by atoms with Crippen LogP contribution in [0, 0.1) is 17.3 Å². The van der Waals surface area contributed by atoms with Crippen LogP contribution in [0.25, 0.3) is 0 Å². The summed E-state index contributed by atoms with van der Waals surface area (Å²) in [5, 5.41) is 0. The minimum atomic E-state index is -0.284. The Hall–Kier alpha value is -1.12. The molecular formula is C11H11FO2. The van der Waals surface area contributed by atoms with Gasteiger partial charge >= 0.3 is 5.97 Å². The molecule has 14 heavy (non-hydrogen) atoms. The lowest BCUT2D eigenvalue weighted by Crippen LogP contribution is -2.23. The second-order valence-corrected chi connectivity index (χ2v) is 4.33. The molecule has 0 N–H and O–H groups in total. The third-order valence-electron chi connectivity index (χ3n) is 3.66. The van der Waals surface area contributed by atoms with Crippen molar-refractivity contribution in [3.05, 3.63) is 24.1 Å². The molecule has 74 valence electrons. The Labute approximate surface area is 81.4 Å². The highest BCUT2D eigenvalue weighted by molar-refractivity contribution is 5.84. The predicted octanol–water partition coefficient (Wildman–Crippen LogP) is 1.98. The molecule has 2 fully saturated rings. The van der Waals surface area contributed by atoms with Crippen molar-refractivity contribution in [2.75, 3.05) is 6.61 Å². The summed E-state index contributed by atoms with van der Waals surface area (Å²) < 4.78 is 17.7. The van der Waals surface area contributed by atoms with Crippen LogP contribution < -0.4 is 0 Å². The van der Waals surface area contributed by atoms with E-state index in [0.717, 1.165) is 6.42 Å². The van der Waals surface area contributed by atoms with Crippen molar-refractivity contribution in [3.63, 3.8) is 0 Å². The fraction of sp³-hybridized carbons (Fsp3) is 0.545. The number of hydrogen-bond acceptors (Lipinski definition) is 2. The second-order valence-electron chi connectivity index (χ2n) is 4.33. The molecule has 2 aliphatic carbocycles. The van der Waals surface area contributed by atoms with Gasteiger partial charge in [-0.1, -0.05) is 6.08 Å². The maximum absolute atomic E-state index is 12.7. The number of esters is 1. The lowest BCUT2D eigenvalue weighted by molar-refractivity contribution is -0.146. The molecule has 0 radical (unpaired) electrons. The lowest BCUT2D eigenvalue weighted by atomic mass is 9.83. The maximum atomic E-state index is 12.7. The van der Waals surface area contributed by atoms with E-state index in [1.54, 1.807) is 6.08 Å². The summed E-state index contributed by atoms with van der Waals surface area (Å²) in [6.45, 7) is 0.565. The Kier molecular flexibility index (Phi) is 1.45. The SMILES string of the molecule is O=C1OC[C@@H]2C[C@]12C1C=CC(F)=CC1. The number of ether oxygens (including phenoxy) is 1. The standard InChI is InChI=1S/C11H11FO2/c12-9-3-1-7(2-4-9)11-5-8(11)6-14-10(11)13/h1,3-4,7-8H,2,5-6H2/t7?,8-,11+/m0/s1. The summed E-state index contributed by atoms with van der Waals surface area (Å²) in [6.07, 6.45) is 6.40. The molecule has 0 aromatic carbocycles. The van der Waals surface area contributed by atoms with Crippen molar-refractivity contribution in [2.45, 2.75) is 12.8 Å². The number of carbonyl (C=O) groups is 1. The van der Waals surface area contributed by atoms with Crippen molar-refractivity contribution in [2.24, 2.45) is 17.3 Å². The molecule has 3 aliphatic rings. The van der Waals surface area contributed by atoms with Crippen LogP contribution in [-0.4, -0.2) is 12.6 Å². The van der Waals surface area contributed by atoms with Crippen LogP contribution in [0.1, 0.15) is 12.8 Å². The van der Waals surface area contributed by atoms with Crippen LogP contribution in [0.5, 0.6) is 0 Å². The molecule has 2 nitrogen and oxygen atoms in total. The third kappa shape index (κ3) is 0.873. The Morgan fingerprint density at radius 1 is 1.57 bits per heavy atom. The smallest absolute Gasteiger partial charge is 0.313 e. The summed E-state index contributed by atoms with van der Waals surface area (Å²) in [7, 11) is 0. The highest BCUT2D eigenvalue weighted by Crippen LogP contribution is 2.64. The fourth-order valence-corrected chi connectivity index (χ4v) is 2.70. The van der Waals surface area contributed by atoms with Gasteiger partial charge in [-0.3, -0.25) is 4.79 Å². The van der Waals surface area contributed by atoms with E-state index in [1.165, 1.54) is 6.08 Å². The Balaban J connectivity index is 1.85. The van der Waals surface area contributed by atoms with Gasteiger partial charge in [0.15, 0.2) is 0 Å². The number of hydrogen-bond donors (Lipinski definition) is 0. The van der Waals surface area contributed by atoms with E-state index < -0.39 is 0 Å². The van der Waals surface area contributed by atoms with E-state index >= 15 is 0 Å². The van der Waals surface area contributed by atoms with Crippen LogP contribution in [0.3, 0.4) is 0 Å². The zero-order valence-electron chi connectivity index (χ0n) is 7.70. The molecule has 3 heteroatoms. The van der Waals surface area contributed by atoms with Crippen LogP contribution in [0.15, 0.2) is 24.1 Å². The van der Waals surface area contributed by atoms with Gasteiger partial charge in [-0.05, 0) is 30.9 Å². The molecule has 1 heterocycles. The highest BCUT2D eigenvalue weighted by atomic mass is 19.1. The lowest BCUT2D eigenvalue weighted by Gasteiger charge is -2.20. The number of fused-ring (bicyclic) bond motifs is 1. The first-order valence-electron chi connectivity index (χ1n) is 4.94. The summed E-state index contributed by atoms with van der Waals surface area (Å²) in [5.74, 6) is 0.273. The molecule has 1 saturated heterocycles. The molecule has 1 aliphatic heterocycles. The van der Waals surface area contributed by atoms with Gasteiger partial charge < -0.3 is 4.74 Å². The Bertz CT molecular complexity index is 358. The average Bonchev–Trinajstić information content (AvgIpc) is 2.84. The third-order valence-corrected chi connectivity index (χ3v) is 3.66. The average molecular weight is 194 g/mol. The summed E-state index contributed by atoms with van der Waals surface area (Å²) in [6, 6.07) is 0. The van der Waals surface area contributed by atoms with Gasteiger partial charge in [-0.25, -0.2) is 4.39 Å². The van der Waals surface area contributed by atoms with E-state index in [1.807, 2.05) is 6.08 Å². The largest absolute Gasteiger partial charge is 0.465 e. The molecule has 1 saturated carbocycles. The topological polar surface area (TPSA) is 26.3 Å². The van der Waals surface area contributed by atoms with E-state index in [9.17, 15) is 9.18 Å². The van der Waals surface area contributed by atoms with Crippen molar-refractivity contribution >= 4 is 5.97 Å². The zero-order valence-corrected chi connectivity index (χ0v) is 7.70. The molecule has 0 bridgehead atoms. The molecule has 3 rings (SSSR count). The number of cyclic esters (lactones) is 1. The van der Waals surface area contributed by atoms with Gasteiger partial charge in [0.25, 0.3) is 0 Å². The van der Waals surface area contributed by atoms with E-state index in [4.69, 9.17) is 4.74 Å². The summed E-state index contributed by atoms with van der Waals surface area (Å²) in [4.78, 5) is 11.5. The first kappa shape index (κ1) is 8.21. The molecular weight excluding hydrogens is 183 g/mol. The van der Waals surface area contributed by atoms with Crippen molar-refractivity contribution < 1.29 is 13.9 Å². The maximum Gasteiger partial charge on any atom is 0.313 e. The normalized spacial score (nSPS) is 44.4.